The van der Waals surface area contributed by atoms with Crippen LogP contribution >= 0.6 is 11.8 Å². The molecule has 0 amide bonds. The average molecular weight is 325 g/mol. The van der Waals surface area contributed by atoms with Gasteiger partial charge in [-0.05, 0) is 37.7 Å². The second-order valence-electron chi connectivity index (χ2n) is 4.50. The van der Waals surface area contributed by atoms with E-state index in [0.717, 1.165) is 13.0 Å². The number of halogens is 4. The van der Waals surface area contributed by atoms with Crippen LogP contribution in [0.4, 0.5) is 17.6 Å². The van der Waals surface area contributed by atoms with E-state index in [2.05, 4.69) is 5.32 Å². The fourth-order valence-corrected chi connectivity index (χ4v) is 2.13. The molecule has 0 aliphatic heterocycles. The van der Waals surface area contributed by atoms with Gasteiger partial charge < -0.3 is 10.1 Å². The minimum atomic E-state index is -4.27. The van der Waals surface area contributed by atoms with Gasteiger partial charge in [0, 0.05) is 23.4 Å². The zero-order valence-corrected chi connectivity index (χ0v) is 12.8. The van der Waals surface area contributed by atoms with E-state index in [4.69, 9.17) is 4.74 Å². The first kappa shape index (κ1) is 18.1. The summed E-state index contributed by atoms with van der Waals surface area (Å²) in [6, 6.07) is 4.24. The second kappa shape index (κ2) is 8.48. The van der Waals surface area contributed by atoms with E-state index >= 15 is 0 Å². The zero-order chi connectivity index (χ0) is 15.9. The third-order valence-electron chi connectivity index (χ3n) is 2.76. The standard InChI is InChI=1S/C14H19F4NOS/c1-3-6-19-10(2)12-5-4-11(9-13(12)15)20-7-8-21-14(16,17)18/h4-5,9-10,19H,3,6-8H2,1-2H3. The molecular formula is C14H19F4NOS. The van der Waals surface area contributed by atoms with Crippen LogP contribution in [0.3, 0.4) is 0 Å². The van der Waals surface area contributed by atoms with E-state index in [1.165, 1.54) is 6.07 Å². The molecular weight excluding hydrogens is 306 g/mol. The highest BCUT2D eigenvalue weighted by molar-refractivity contribution is 8.00. The Balaban J connectivity index is 2.50. The smallest absolute Gasteiger partial charge is 0.441 e. The first-order valence-corrected chi connectivity index (χ1v) is 7.68. The predicted octanol–water partition coefficient (Wildman–Crippen LogP) is 4.52. The summed E-state index contributed by atoms with van der Waals surface area (Å²) in [6.45, 7) is 4.54. The highest BCUT2D eigenvalue weighted by Crippen LogP contribution is 2.30. The van der Waals surface area contributed by atoms with Gasteiger partial charge in [0.15, 0.2) is 0 Å². The van der Waals surface area contributed by atoms with Crippen LogP contribution in [0.1, 0.15) is 31.9 Å². The van der Waals surface area contributed by atoms with Crippen LogP contribution in [-0.2, 0) is 0 Å². The monoisotopic (exact) mass is 325 g/mol. The molecule has 0 saturated carbocycles. The maximum absolute atomic E-state index is 13.9. The van der Waals surface area contributed by atoms with Gasteiger partial charge in [-0.3, -0.25) is 0 Å². The normalized spacial score (nSPS) is 13.2. The van der Waals surface area contributed by atoms with Crippen LogP contribution in [0.5, 0.6) is 5.75 Å². The van der Waals surface area contributed by atoms with Crippen molar-refractivity contribution in [3.05, 3.63) is 29.6 Å². The first-order valence-electron chi connectivity index (χ1n) is 6.69. The van der Waals surface area contributed by atoms with E-state index in [0.29, 0.717) is 5.56 Å². The van der Waals surface area contributed by atoms with Gasteiger partial charge in [0.1, 0.15) is 11.6 Å². The van der Waals surface area contributed by atoms with Gasteiger partial charge in [0.2, 0.25) is 0 Å². The van der Waals surface area contributed by atoms with Crippen molar-refractivity contribution in [3.8, 4) is 5.75 Å². The molecule has 0 fully saturated rings. The molecule has 0 spiro atoms. The number of thioether (sulfide) groups is 1. The van der Waals surface area contributed by atoms with Gasteiger partial charge in [-0.1, -0.05) is 13.0 Å². The van der Waals surface area contributed by atoms with Crippen molar-refractivity contribution in [3.63, 3.8) is 0 Å². The van der Waals surface area contributed by atoms with E-state index in [1.807, 2.05) is 13.8 Å². The summed E-state index contributed by atoms with van der Waals surface area (Å²) in [5.74, 6) is -0.407. The summed E-state index contributed by atoms with van der Waals surface area (Å²) in [7, 11) is 0. The Morgan fingerprint density at radius 1 is 1.33 bits per heavy atom. The van der Waals surface area contributed by atoms with E-state index in [1.54, 1.807) is 12.1 Å². The minimum Gasteiger partial charge on any atom is -0.493 e. The van der Waals surface area contributed by atoms with Crippen molar-refractivity contribution in [2.24, 2.45) is 0 Å². The van der Waals surface area contributed by atoms with Crippen LogP contribution < -0.4 is 10.1 Å². The third kappa shape index (κ3) is 7.04. The second-order valence-corrected chi connectivity index (χ2v) is 5.66. The summed E-state index contributed by atoms with van der Waals surface area (Å²) in [4.78, 5) is 0. The van der Waals surface area contributed by atoms with Crippen LogP contribution in [0.15, 0.2) is 18.2 Å². The highest BCUT2D eigenvalue weighted by Gasteiger charge is 2.27. The Kier molecular flexibility index (Phi) is 7.31. The number of ether oxygens (including phenoxy) is 1. The molecule has 0 aliphatic carbocycles. The van der Waals surface area contributed by atoms with Gasteiger partial charge in [-0.25, -0.2) is 4.39 Å². The predicted molar refractivity (Wildman–Crippen MR) is 77.1 cm³/mol. The van der Waals surface area contributed by atoms with Crippen LogP contribution in [0.2, 0.25) is 0 Å². The molecule has 120 valence electrons. The van der Waals surface area contributed by atoms with Gasteiger partial charge in [-0.2, -0.15) is 13.2 Å². The lowest BCUT2D eigenvalue weighted by Gasteiger charge is -2.15. The SMILES string of the molecule is CCCNC(C)c1ccc(OCCSC(F)(F)F)cc1F. The maximum Gasteiger partial charge on any atom is 0.441 e. The van der Waals surface area contributed by atoms with Gasteiger partial charge >= 0.3 is 5.51 Å². The van der Waals surface area contributed by atoms with Crippen molar-refractivity contribution in [1.82, 2.24) is 5.32 Å². The van der Waals surface area contributed by atoms with E-state index in [9.17, 15) is 17.6 Å². The average Bonchev–Trinajstić information content (AvgIpc) is 2.40. The summed E-state index contributed by atoms with van der Waals surface area (Å²) in [5.41, 5.74) is -3.75. The molecule has 1 N–H and O–H groups in total. The molecule has 0 radical (unpaired) electrons. The molecule has 0 aliphatic rings. The molecule has 7 heteroatoms. The number of hydrogen-bond donors (Lipinski definition) is 1. The molecule has 2 nitrogen and oxygen atoms in total. The van der Waals surface area contributed by atoms with E-state index in [-0.39, 0.29) is 35.9 Å². The molecule has 1 rings (SSSR count). The Morgan fingerprint density at radius 2 is 2.05 bits per heavy atom. The van der Waals surface area contributed by atoms with Crippen molar-refractivity contribution >= 4 is 11.8 Å². The van der Waals surface area contributed by atoms with Crippen molar-refractivity contribution < 1.29 is 22.3 Å². The first-order chi connectivity index (χ1) is 9.83. The van der Waals surface area contributed by atoms with Gasteiger partial charge in [-0.15, -0.1) is 0 Å². The fourth-order valence-electron chi connectivity index (χ4n) is 1.74. The molecule has 0 aromatic heterocycles. The number of nitrogens with one attached hydrogen (secondary N) is 1. The Hall–Kier alpha value is -0.950. The van der Waals surface area contributed by atoms with Gasteiger partial charge in [0.25, 0.3) is 0 Å². The lowest BCUT2D eigenvalue weighted by atomic mass is 10.1. The van der Waals surface area contributed by atoms with Crippen molar-refractivity contribution in [2.45, 2.75) is 31.8 Å². The van der Waals surface area contributed by atoms with Crippen LogP contribution in [0, 0.1) is 5.82 Å². The highest BCUT2D eigenvalue weighted by atomic mass is 32.2. The molecule has 0 heterocycles. The number of benzene rings is 1. The largest absolute Gasteiger partial charge is 0.493 e. The Labute approximate surface area is 126 Å². The summed E-state index contributed by atoms with van der Waals surface area (Å²) in [6.07, 6.45) is 0.948. The number of alkyl halides is 3. The molecule has 0 saturated heterocycles. The van der Waals surface area contributed by atoms with Crippen molar-refractivity contribution in [1.29, 1.82) is 0 Å². The molecule has 1 aromatic rings. The fraction of sp³-hybridized carbons (Fsp3) is 0.571. The summed E-state index contributed by atoms with van der Waals surface area (Å²) < 4.78 is 54.8. The lowest BCUT2D eigenvalue weighted by Crippen LogP contribution is -2.20. The number of rotatable bonds is 8. The topological polar surface area (TPSA) is 21.3 Å². The maximum atomic E-state index is 13.9. The Morgan fingerprint density at radius 3 is 2.62 bits per heavy atom. The molecule has 1 aromatic carbocycles. The van der Waals surface area contributed by atoms with Crippen molar-refractivity contribution in [2.75, 3.05) is 18.9 Å². The Bertz CT molecular complexity index is 439. The van der Waals surface area contributed by atoms with Crippen LogP contribution in [0.25, 0.3) is 0 Å². The zero-order valence-electron chi connectivity index (χ0n) is 12.0. The minimum absolute atomic E-state index is 0.118. The molecule has 1 atom stereocenters. The molecule has 0 bridgehead atoms. The molecule has 1 unspecified atom stereocenters. The summed E-state index contributed by atoms with van der Waals surface area (Å²) in [5, 5.41) is 3.17. The van der Waals surface area contributed by atoms with E-state index < -0.39 is 11.3 Å². The summed E-state index contributed by atoms with van der Waals surface area (Å²) >= 11 is -0.155. The lowest BCUT2D eigenvalue weighted by molar-refractivity contribution is -0.0329. The number of hydrogen-bond acceptors (Lipinski definition) is 3. The quantitative estimate of drug-likeness (QED) is 0.561. The molecule has 21 heavy (non-hydrogen) atoms. The third-order valence-corrected chi connectivity index (χ3v) is 3.45. The van der Waals surface area contributed by atoms with Gasteiger partial charge in [0.05, 0.1) is 6.61 Å². The van der Waals surface area contributed by atoms with Crippen LogP contribution in [-0.4, -0.2) is 24.4 Å².